The molecule has 1 aromatic rings. The molecule has 0 saturated carbocycles. The Kier molecular flexibility index (Phi) is 4.27. The maximum Gasteiger partial charge on any atom is 0.321 e. The second-order valence-electron chi connectivity index (χ2n) is 6.81. The van der Waals surface area contributed by atoms with Crippen LogP contribution in [0.15, 0.2) is 18.2 Å². The number of fused-ring (bicyclic) bond motifs is 1. The first-order valence-electron chi connectivity index (χ1n) is 7.97. The Hall–Kier alpha value is -1.69. The molecule has 1 atom stereocenters. The van der Waals surface area contributed by atoms with Crippen LogP contribution >= 0.6 is 0 Å². The second kappa shape index (κ2) is 6.07. The Labute approximate surface area is 138 Å². The zero-order chi connectivity index (χ0) is 16.6. The van der Waals surface area contributed by atoms with E-state index in [-0.39, 0.29) is 16.6 Å². The summed E-state index contributed by atoms with van der Waals surface area (Å²) in [7, 11) is -0.907. The minimum absolute atomic E-state index is 0.150. The van der Waals surface area contributed by atoms with E-state index in [1.807, 2.05) is 26.0 Å². The van der Waals surface area contributed by atoms with E-state index in [4.69, 9.17) is 0 Å². The molecule has 0 radical (unpaired) electrons. The van der Waals surface area contributed by atoms with E-state index in [9.17, 15) is 13.8 Å². The van der Waals surface area contributed by atoms with Crippen LogP contribution in [-0.2, 0) is 17.2 Å². The fourth-order valence-corrected chi connectivity index (χ4v) is 4.40. The third-order valence-electron chi connectivity index (χ3n) is 4.53. The first-order valence-corrected chi connectivity index (χ1v) is 9.29. The zero-order valence-electron chi connectivity index (χ0n) is 13.6. The summed E-state index contributed by atoms with van der Waals surface area (Å²) in [4.78, 5) is 26.1. The van der Waals surface area contributed by atoms with Crippen molar-refractivity contribution in [3.63, 3.8) is 0 Å². The van der Waals surface area contributed by atoms with Gasteiger partial charge in [-0.05, 0) is 44.4 Å². The molecule has 1 N–H and O–H groups in total. The van der Waals surface area contributed by atoms with E-state index < -0.39 is 10.8 Å². The van der Waals surface area contributed by atoms with Crippen molar-refractivity contribution in [2.24, 2.45) is 0 Å². The molecule has 1 aromatic carbocycles. The number of Topliss-reactive ketones (excluding diaryl/α,β-unsaturated/α-hetero) is 1. The molecule has 6 heteroatoms. The van der Waals surface area contributed by atoms with E-state index >= 15 is 0 Å². The average Bonchev–Trinajstić information content (AvgIpc) is 2.50. The van der Waals surface area contributed by atoms with Crippen LogP contribution in [0.3, 0.4) is 0 Å². The molecule has 0 aromatic heterocycles. The maximum atomic E-state index is 12.4. The van der Waals surface area contributed by atoms with E-state index in [1.165, 1.54) is 0 Å². The van der Waals surface area contributed by atoms with Gasteiger partial charge < -0.3 is 10.2 Å². The summed E-state index contributed by atoms with van der Waals surface area (Å²) < 4.78 is 11.6. The number of benzene rings is 1. The van der Waals surface area contributed by atoms with Crippen molar-refractivity contribution >= 4 is 28.3 Å². The van der Waals surface area contributed by atoms with Crippen molar-refractivity contribution in [3.05, 3.63) is 29.3 Å². The molecule has 1 unspecified atom stereocenters. The first kappa shape index (κ1) is 16.2. The predicted molar refractivity (Wildman–Crippen MR) is 91.4 cm³/mol. The molecular formula is C17H22N2O3S. The smallest absolute Gasteiger partial charge is 0.321 e. The summed E-state index contributed by atoms with van der Waals surface area (Å²) in [5.74, 6) is 0.653. The summed E-state index contributed by atoms with van der Waals surface area (Å²) in [5, 5.41) is 2.87. The lowest BCUT2D eigenvalue weighted by Crippen LogP contribution is -2.53. The lowest BCUT2D eigenvalue weighted by atomic mass is 9.90. The van der Waals surface area contributed by atoms with Gasteiger partial charge in [0.25, 0.3) is 0 Å². The highest BCUT2D eigenvalue weighted by molar-refractivity contribution is 7.86. The molecule has 5 nitrogen and oxygen atoms in total. The number of nitrogens with one attached hydrogen (secondary N) is 1. The van der Waals surface area contributed by atoms with Crippen LogP contribution in [0.25, 0.3) is 0 Å². The number of ketones is 1. The summed E-state index contributed by atoms with van der Waals surface area (Å²) in [6.45, 7) is 4.79. The number of aryl methyl sites for hydroxylation is 1. The number of carbonyl (C=O) groups excluding carboxylic acids is 2. The molecular weight excluding hydrogens is 312 g/mol. The van der Waals surface area contributed by atoms with E-state index in [1.54, 1.807) is 11.0 Å². The minimum atomic E-state index is -0.907. The van der Waals surface area contributed by atoms with Gasteiger partial charge in [0.1, 0.15) is 0 Å². The molecule has 1 aliphatic carbocycles. The number of anilines is 1. The normalized spacial score (nSPS) is 23.3. The number of carbonyl (C=O) groups is 2. The standard InChI is InChI=1S/C17H22N2O3S/c1-17(2)11-19(8-9-23(17)22)16(21)18-13-7-6-12-4-3-5-15(20)14(12)10-13/h6-7,10H,3-5,8-9,11H2,1-2H3,(H,18,21). The number of amides is 2. The quantitative estimate of drug-likeness (QED) is 0.858. The summed E-state index contributed by atoms with van der Waals surface area (Å²) in [6.07, 6.45) is 2.40. The summed E-state index contributed by atoms with van der Waals surface area (Å²) >= 11 is 0. The number of rotatable bonds is 1. The zero-order valence-corrected chi connectivity index (χ0v) is 14.4. The third kappa shape index (κ3) is 3.32. The lowest BCUT2D eigenvalue weighted by molar-refractivity contribution is 0.0972. The molecule has 2 aliphatic rings. The third-order valence-corrected chi connectivity index (χ3v) is 6.45. The molecule has 23 heavy (non-hydrogen) atoms. The van der Waals surface area contributed by atoms with Gasteiger partial charge in [-0.25, -0.2) is 4.79 Å². The Balaban J connectivity index is 1.72. The van der Waals surface area contributed by atoms with Gasteiger partial charge in [0.05, 0.1) is 4.75 Å². The molecule has 1 saturated heterocycles. The van der Waals surface area contributed by atoms with Crippen molar-refractivity contribution in [2.75, 3.05) is 24.2 Å². The highest BCUT2D eigenvalue weighted by atomic mass is 32.2. The Morgan fingerprint density at radius 3 is 2.83 bits per heavy atom. The second-order valence-corrected chi connectivity index (χ2v) is 9.01. The van der Waals surface area contributed by atoms with Crippen molar-refractivity contribution in [2.45, 2.75) is 37.9 Å². The Bertz CT molecular complexity index is 684. The van der Waals surface area contributed by atoms with Crippen LogP contribution in [-0.4, -0.2) is 44.5 Å². The number of urea groups is 1. The van der Waals surface area contributed by atoms with Gasteiger partial charge in [0.15, 0.2) is 5.78 Å². The van der Waals surface area contributed by atoms with Gasteiger partial charge in [-0.1, -0.05) is 6.07 Å². The van der Waals surface area contributed by atoms with Gasteiger partial charge in [-0.3, -0.25) is 9.00 Å². The fraction of sp³-hybridized carbons (Fsp3) is 0.529. The Morgan fingerprint density at radius 1 is 1.30 bits per heavy atom. The molecule has 1 fully saturated rings. The number of hydrogen-bond acceptors (Lipinski definition) is 3. The lowest BCUT2D eigenvalue weighted by Gasteiger charge is -2.37. The van der Waals surface area contributed by atoms with Crippen molar-refractivity contribution < 1.29 is 13.8 Å². The van der Waals surface area contributed by atoms with Crippen molar-refractivity contribution in [1.82, 2.24) is 4.90 Å². The fourth-order valence-electron chi connectivity index (χ4n) is 3.16. The summed E-state index contributed by atoms with van der Waals surface area (Å²) in [5.41, 5.74) is 2.44. The van der Waals surface area contributed by atoms with Crippen molar-refractivity contribution in [1.29, 1.82) is 0 Å². The maximum absolute atomic E-state index is 12.4. The average molecular weight is 334 g/mol. The molecule has 2 amide bonds. The van der Waals surface area contributed by atoms with Crippen molar-refractivity contribution in [3.8, 4) is 0 Å². The number of hydrogen-bond donors (Lipinski definition) is 1. The molecule has 3 rings (SSSR count). The van der Waals surface area contributed by atoms with Crippen LogP contribution in [0, 0.1) is 0 Å². The highest BCUT2D eigenvalue weighted by Gasteiger charge is 2.35. The van der Waals surface area contributed by atoms with E-state index in [0.29, 0.717) is 31.0 Å². The molecule has 1 aliphatic heterocycles. The molecule has 124 valence electrons. The molecule has 1 heterocycles. The SMILES string of the molecule is CC1(C)CN(C(=O)Nc2ccc3c(c2)C(=O)CCC3)CCS1=O. The topological polar surface area (TPSA) is 66.5 Å². The molecule has 0 bridgehead atoms. The van der Waals surface area contributed by atoms with Crippen LogP contribution in [0.5, 0.6) is 0 Å². The minimum Gasteiger partial charge on any atom is -0.322 e. The van der Waals surface area contributed by atoms with Crippen LogP contribution < -0.4 is 5.32 Å². The van der Waals surface area contributed by atoms with Gasteiger partial charge in [0.2, 0.25) is 0 Å². The monoisotopic (exact) mass is 334 g/mol. The van der Waals surface area contributed by atoms with Crippen LogP contribution in [0.4, 0.5) is 10.5 Å². The predicted octanol–water partition coefficient (Wildman–Crippen LogP) is 2.58. The highest BCUT2D eigenvalue weighted by Crippen LogP contribution is 2.25. The van der Waals surface area contributed by atoms with E-state index in [0.717, 1.165) is 24.0 Å². The van der Waals surface area contributed by atoms with Gasteiger partial charge >= 0.3 is 6.03 Å². The van der Waals surface area contributed by atoms with Crippen LogP contribution in [0.1, 0.15) is 42.6 Å². The van der Waals surface area contributed by atoms with Gasteiger partial charge in [-0.2, -0.15) is 0 Å². The number of nitrogens with zero attached hydrogens (tertiary/aromatic N) is 1. The first-order chi connectivity index (χ1) is 10.9. The molecule has 0 spiro atoms. The Morgan fingerprint density at radius 2 is 2.09 bits per heavy atom. The van der Waals surface area contributed by atoms with Gasteiger partial charge in [0, 0.05) is 47.3 Å². The largest absolute Gasteiger partial charge is 0.322 e. The van der Waals surface area contributed by atoms with Gasteiger partial charge in [-0.15, -0.1) is 0 Å². The van der Waals surface area contributed by atoms with E-state index in [2.05, 4.69) is 5.32 Å². The van der Waals surface area contributed by atoms with Crippen LogP contribution in [0.2, 0.25) is 0 Å². The summed E-state index contributed by atoms with van der Waals surface area (Å²) in [6, 6.07) is 5.36.